The molecule has 0 aliphatic rings. The average Bonchev–Trinajstić information content (AvgIpc) is 2.83. The maximum atomic E-state index is 5.32. The van der Waals surface area contributed by atoms with Crippen molar-refractivity contribution in [1.82, 2.24) is 9.88 Å². The molecule has 0 aromatic carbocycles. The molecule has 0 amide bonds. The standard InChI is InChI=1S/C11H22N4O2S/c1-16-6-3-4-15(5-7-17-2)9-10-8-13-11(14-12)18-10/h8H,3-7,9,12H2,1-2H3,(H,13,14). The minimum absolute atomic E-state index is 0.730. The average molecular weight is 274 g/mol. The number of nitrogens with two attached hydrogens (primary N) is 1. The van der Waals surface area contributed by atoms with E-state index in [0.717, 1.165) is 44.4 Å². The zero-order valence-corrected chi connectivity index (χ0v) is 11.8. The van der Waals surface area contributed by atoms with E-state index in [-0.39, 0.29) is 0 Å². The monoisotopic (exact) mass is 274 g/mol. The zero-order chi connectivity index (χ0) is 13.2. The van der Waals surface area contributed by atoms with Gasteiger partial charge < -0.3 is 9.47 Å². The molecule has 3 N–H and O–H groups in total. The van der Waals surface area contributed by atoms with Gasteiger partial charge in [-0.3, -0.25) is 10.3 Å². The van der Waals surface area contributed by atoms with Crippen LogP contribution in [0, 0.1) is 0 Å². The van der Waals surface area contributed by atoms with Crippen molar-refractivity contribution in [3.05, 3.63) is 11.1 Å². The lowest BCUT2D eigenvalue weighted by molar-refractivity contribution is 0.130. The van der Waals surface area contributed by atoms with Crippen molar-refractivity contribution in [2.24, 2.45) is 5.84 Å². The molecule has 1 heterocycles. The third-order valence-corrected chi connectivity index (χ3v) is 3.40. The molecule has 0 bridgehead atoms. The molecule has 7 heteroatoms. The number of nitrogens with one attached hydrogen (secondary N) is 1. The quantitative estimate of drug-likeness (QED) is 0.375. The number of nitrogens with zero attached hydrogens (tertiary/aromatic N) is 2. The maximum absolute atomic E-state index is 5.32. The first kappa shape index (κ1) is 15.3. The first-order valence-electron chi connectivity index (χ1n) is 5.91. The molecule has 104 valence electrons. The van der Waals surface area contributed by atoms with Gasteiger partial charge >= 0.3 is 0 Å². The molecule has 0 atom stereocenters. The van der Waals surface area contributed by atoms with Crippen LogP contribution in [0.5, 0.6) is 0 Å². The van der Waals surface area contributed by atoms with Crippen LogP contribution >= 0.6 is 11.3 Å². The summed E-state index contributed by atoms with van der Waals surface area (Å²) in [5.74, 6) is 5.32. The fourth-order valence-electron chi connectivity index (χ4n) is 1.59. The number of nitrogen functional groups attached to an aromatic ring is 1. The number of thiazole rings is 1. The summed E-state index contributed by atoms with van der Waals surface area (Å²) in [5.41, 5.74) is 2.56. The number of methoxy groups -OCH3 is 2. The summed E-state index contributed by atoms with van der Waals surface area (Å²) in [6, 6.07) is 0. The van der Waals surface area contributed by atoms with E-state index >= 15 is 0 Å². The Morgan fingerprint density at radius 3 is 2.72 bits per heavy atom. The second-order valence-corrected chi connectivity index (χ2v) is 5.01. The second-order valence-electron chi connectivity index (χ2n) is 3.89. The van der Waals surface area contributed by atoms with E-state index in [4.69, 9.17) is 15.3 Å². The van der Waals surface area contributed by atoms with Gasteiger partial charge in [-0.2, -0.15) is 0 Å². The van der Waals surface area contributed by atoms with Gasteiger partial charge in [0.25, 0.3) is 0 Å². The lowest BCUT2D eigenvalue weighted by atomic mass is 10.3. The van der Waals surface area contributed by atoms with E-state index in [1.54, 1.807) is 25.6 Å². The van der Waals surface area contributed by atoms with Crippen LogP contribution in [0.4, 0.5) is 5.13 Å². The predicted molar refractivity (Wildman–Crippen MR) is 73.6 cm³/mol. The SMILES string of the molecule is COCCCN(CCOC)Cc1cnc(NN)s1. The highest BCUT2D eigenvalue weighted by Gasteiger charge is 2.08. The van der Waals surface area contributed by atoms with Gasteiger partial charge in [-0.05, 0) is 6.42 Å². The minimum atomic E-state index is 0.730. The van der Waals surface area contributed by atoms with E-state index in [0.29, 0.717) is 0 Å². The van der Waals surface area contributed by atoms with Crippen LogP contribution in [0.2, 0.25) is 0 Å². The smallest absolute Gasteiger partial charge is 0.197 e. The summed E-state index contributed by atoms with van der Waals surface area (Å²) in [7, 11) is 3.44. The highest BCUT2D eigenvalue weighted by Crippen LogP contribution is 2.18. The van der Waals surface area contributed by atoms with Crippen molar-refractivity contribution >= 4 is 16.5 Å². The number of aromatic nitrogens is 1. The molecule has 18 heavy (non-hydrogen) atoms. The topological polar surface area (TPSA) is 72.6 Å². The highest BCUT2D eigenvalue weighted by molar-refractivity contribution is 7.15. The Bertz CT molecular complexity index is 322. The summed E-state index contributed by atoms with van der Waals surface area (Å²) >= 11 is 1.57. The number of hydrazine groups is 1. The van der Waals surface area contributed by atoms with Gasteiger partial charge in [0.05, 0.1) is 6.61 Å². The van der Waals surface area contributed by atoms with Crippen molar-refractivity contribution in [2.45, 2.75) is 13.0 Å². The van der Waals surface area contributed by atoms with Crippen LogP contribution in [-0.2, 0) is 16.0 Å². The molecule has 1 aromatic heterocycles. The van der Waals surface area contributed by atoms with Gasteiger partial charge in [0.2, 0.25) is 0 Å². The maximum Gasteiger partial charge on any atom is 0.197 e. The number of hydrogen-bond donors (Lipinski definition) is 2. The molecule has 0 saturated carbocycles. The van der Waals surface area contributed by atoms with E-state index in [2.05, 4.69) is 15.3 Å². The van der Waals surface area contributed by atoms with Crippen molar-refractivity contribution < 1.29 is 9.47 Å². The van der Waals surface area contributed by atoms with Gasteiger partial charge in [0, 0.05) is 51.5 Å². The lowest BCUT2D eigenvalue weighted by Crippen LogP contribution is -2.28. The number of ether oxygens (including phenoxy) is 2. The molecule has 0 aliphatic heterocycles. The Morgan fingerprint density at radius 1 is 1.33 bits per heavy atom. The molecular formula is C11H22N4O2S. The van der Waals surface area contributed by atoms with Gasteiger partial charge in [-0.25, -0.2) is 10.8 Å². The summed E-state index contributed by atoms with van der Waals surface area (Å²) < 4.78 is 10.2. The van der Waals surface area contributed by atoms with Crippen molar-refractivity contribution in [3.8, 4) is 0 Å². The molecule has 0 radical (unpaired) electrons. The molecule has 0 fully saturated rings. The first-order valence-corrected chi connectivity index (χ1v) is 6.73. The summed E-state index contributed by atoms with van der Waals surface area (Å²) in [6.45, 7) is 4.27. The third-order valence-electron chi connectivity index (χ3n) is 2.49. The number of rotatable bonds is 10. The predicted octanol–water partition coefficient (Wildman–Crippen LogP) is 0.914. The molecule has 0 aliphatic carbocycles. The molecule has 0 unspecified atom stereocenters. The van der Waals surface area contributed by atoms with Gasteiger partial charge in [-0.15, -0.1) is 0 Å². The molecule has 0 spiro atoms. The van der Waals surface area contributed by atoms with Crippen LogP contribution < -0.4 is 11.3 Å². The minimum Gasteiger partial charge on any atom is -0.385 e. The zero-order valence-electron chi connectivity index (χ0n) is 11.0. The van der Waals surface area contributed by atoms with Crippen LogP contribution in [0.25, 0.3) is 0 Å². The Morgan fingerprint density at radius 2 is 2.11 bits per heavy atom. The van der Waals surface area contributed by atoms with Crippen LogP contribution in [0.15, 0.2) is 6.20 Å². The summed E-state index contributed by atoms with van der Waals surface area (Å²) in [6.07, 6.45) is 2.87. The van der Waals surface area contributed by atoms with E-state index in [1.165, 1.54) is 4.88 Å². The molecule has 0 saturated heterocycles. The molecular weight excluding hydrogens is 252 g/mol. The Labute approximate surface area is 112 Å². The summed E-state index contributed by atoms with van der Waals surface area (Å²) in [4.78, 5) is 7.69. The van der Waals surface area contributed by atoms with E-state index < -0.39 is 0 Å². The first-order chi connectivity index (χ1) is 8.80. The van der Waals surface area contributed by atoms with Crippen molar-refractivity contribution in [1.29, 1.82) is 0 Å². The van der Waals surface area contributed by atoms with Crippen molar-refractivity contribution in [2.75, 3.05) is 45.9 Å². The second kappa shape index (κ2) is 9.23. The van der Waals surface area contributed by atoms with Crippen LogP contribution in [-0.4, -0.2) is 50.4 Å². The largest absolute Gasteiger partial charge is 0.385 e. The summed E-state index contributed by atoms with van der Waals surface area (Å²) in [5, 5.41) is 0.744. The number of hydrogen-bond acceptors (Lipinski definition) is 7. The normalized spacial score (nSPS) is 11.1. The van der Waals surface area contributed by atoms with E-state index in [1.807, 2.05) is 6.20 Å². The highest BCUT2D eigenvalue weighted by atomic mass is 32.1. The van der Waals surface area contributed by atoms with Gasteiger partial charge in [0.1, 0.15) is 0 Å². The molecule has 6 nitrogen and oxygen atoms in total. The van der Waals surface area contributed by atoms with Gasteiger partial charge in [-0.1, -0.05) is 11.3 Å². The van der Waals surface area contributed by atoms with Gasteiger partial charge in [0.15, 0.2) is 5.13 Å². The third kappa shape index (κ3) is 5.74. The molecule has 1 rings (SSSR count). The lowest BCUT2D eigenvalue weighted by Gasteiger charge is -2.20. The molecule has 1 aromatic rings. The Hall–Kier alpha value is -0.730. The van der Waals surface area contributed by atoms with Crippen molar-refractivity contribution in [3.63, 3.8) is 0 Å². The van der Waals surface area contributed by atoms with E-state index in [9.17, 15) is 0 Å². The fraction of sp³-hybridized carbons (Fsp3) is 0.727. The van der Waals surface area contributed by atoms with Crippen LogP contribution in [0.3, 0.4) is 0 Å². The van der Waals surface area contributed by atoms with Crippen LogP contribution in [0.1, 0.15) is 11.3 Å². The number of anilines is 1. The Kier molecular flexibility index (Phi) is 7.86. The fourth-order valence-corrected chi connectivity index (χ4v) is 2.36. The Balaban J connectivity index is 2.42.